The number of hydrogen-bond acceptors (Lipinski definition) is 3. The molecule has 0 spiro atoms. The van der Waals surface area contributed by atoms with Crippen LogP contribution in [0.25, 0.3) is 100 Å². The normalized spacial score (nSPS) is 11.6. The topological polar surface area (TPSA) is 48.5 Å². The van der Waals surface area contributed by atoms with Crippen molar-refractivity contribution >= 4 is 43.6 Å². The Morgan fingerprint density at radius 2 is 0.607 bits per heavy atom. The summed E-state index contributed by atoms with van der Waals surface area (Å²) in [6, 6.07) is 70.3. The van der Waals surface area contributed by atoms with Crippen LogP contribution in [0.5, 0.6) is 0 Å². The van der Waals surface area contributed by atoms with Crippen LogP contribution in [0.15, 0.2) is 200 Å². The van der Waals surface area contributed by atoms with Crippen LogP contribution in [0.1, 0.15) is 0 Å². The first-order valence-electron chi connectivity index (χ1n) is 18.9. The van der Waals surface area contributed by atoms with Gasteiger partial charge < -0.3 is 9.13 Å². The van der Waals surface area contributed by atoms with Gasteiger partial charge in [-0.1, -0.05) is 140 Å². The number of nitrogens with zero attached hydrogens (tertiary/aromatic N) is 5. The lowest BCUT2D eigenvalue weighted by Crippen LogP contribution is -2.00. The smallest absolute Gasteiger partial charge is 0.164 e. The highest BCUT2D eigenvalue weighted by Gasteiger charge is 2.17. The minimum Gasteiger partial charge on any atom is -0.309 e. The second-order valence-corrected chi connectivity index (χ2v) is 14.1. The molecule has 5 nitrogen and oxygen atoms in total. The SMILES string of the molecule is c1ccc(-c2nc(-c3ccc(-c4ccc(-n5c6ccccc6c6ccccc65)cc4)cc3)nc(-c3ccc4c(c3)c3ccccc3n4-c3ccccc3)n2)cc1. The van der Waals surface area contributed by atoms with E-state index in [1.807, 2.05) is 30.3 Å². The molecule has 0 saturated carbocycles. The molecule has 8 aromatic carbocycles. The summed E-state index contributed by atoms with van der Waals surface area (Å²) in [5.74, 6) is 1.91. The molecule has 0 aliphatic carbocycles. The average Bonchev–Trinajstić information content (AvgIpc) is 3.80. The van der Waals surface area contributed by atoms with E-state index in [1.165, 1.54) is 27.2 Å². The van der Waals surface area contributed by atoms with Gasteiger partial charge in [-0.3, -0.25) is 0 Å². The molecule has 0 fully saturated rings. The summed E-state index contributed by atoms with van der Waals surface area (Å²) in [6.45, 7) is 0. The lowest BCUT2D eigenvalue weighted by Gasteiger charge is -2.11. The van der Waals surface area contributed by atoms with Crippen molar-refractivity contribution in [1.29, 1.82) is 0 Å². The summed E-state index contributed by atoms with van der Waals surface area (Å²) >= 11 is 0. The number of rotatable bonds is 6. The zero-order valence-electron chi connectivity index (χ0n) is 30.3. The number of para-hydroxylation sites is 4. The van der Waals surface area contributed by atoms with Crippen LogP contribution in [0.3, 0.4) is 0 Å². The predicted octanol–water partition coefficient (Wildman–Crippen LogP) is 12.7. The van der Waals surface area contributed by atoms with E-state index in [-0.39, 0.29) is 0 Å². The zero-order chi connectivity index (χ0) is 37.0. The van der Waals surface area contributed by atoms with E-state index >= 15 is 0 Å². The van der Waals surface area contributed by atoms with E-state index in [0.29, 0.717) is 17.5 Å². The Hall–Kier alpha value is -7.63. The van der Waals surface area contributed by atoms with Crippen LogP contribution in [0, 0.1) is 0 Å². The molecule has 0 atom stereocenters. The van der Waals surface area contributed by atoms with Crippen molar-refractivity contribution in [2.24, 2.45) is 0 Å². The van der Waals surface area contributed by atoms with Gasteiger partial charge in [-0.2, -0.15) is 0 Å². The molecule has 5 heteroatoms. The van der Waals surface area contributed by atoms with E-state index in [4.69, 9.17) is 15.0 Å². The van der Waals surface area contributed by atoms with Crippen molar-refractivity contribution in [2.45, 2.75) is 0 Å². The van der Waals surface area contributed by atoms with Crippen LogP contribution >= 0.6 is 0 Å². The summed E-state index contributed by atoms with van der Waals surface area (Å²) < 4.78 is 4.67. The van der Waals surface area contributed by atoms with E-state index in [9.17, 15) is 0 Å². The zero-order valence-corrected chi connectivity index (χ0v) is 30.3. The molecule has 3 aromatic heterocycles. The predicted molar refractivity (Wildman–Crippen MR) is 230 cm³/mol. The monoisotopic (exact) mass is 715 g/mol. The second kappa shape index (κ2) is 13.0. The fourth-order valence-electron chi connectivity index (χ4n) is 8.13. The summed E-state index contributed by atoms with van der Waals surface area (Å²) in [6.07, 6.45) is 0. The molecule has 0 N–H and O–H groups in total. The molecule has 0 bridgehead atoms. The maximum Gasteiger partial charge on any atom is 0.164 e. The van der Waals surface area contributed by atoms with Crippen molar-refractivity contribution < 1.29 is 0 Å². The number of hydrogen-bond donors (Lipinski definition) is 0. The molecule has 0 aliphatic rings. The van der Waals surface area contributed by atoms with Crippen molar-refractivity contribution in [2.75, 3.05) is 0 Å². The Morgan fingerprint density at radius 3 is 1.16 bits per heavy atom. The molecule has 3 heterocycles. The third-order valence-corrected chi connectivity index (χ3v) is 10.8. The van der Waals surface area contributed by atoms with Crippen LogP contribution in [0.4, 0.5) is 0 Å². The van der Waals surface area contributed by atoms with Crippen LogP contribution < -0.4 is 0 Å². The molecule has 11 rings (SSSR count). The van der Waals surface area contributed by atoms with E-state index in [1.54, 1.807) is 0 Å². The van der Waals surface area contributed by atoms with Crippen LogP contribution in [-0.2, 0) is 0 Å². The summed E-state index contributed by atoms with van der Waals surface area (Å²) in [7, 11) is 0. The lowest BCUT2D eigenvalue weighted by molar-refractivity contribution is 1.07. The molecule has 56 heavy (non-hydrogen) atoms. The summed E-state index contributed by atoms with van der Waals surface area (Å²) in [5.41, 5.74) is 12.1. The van der Waals surface area contributed by atoms with Gasteiger partial charge in [0.15, 0.2) is 17.5 Å². The van der Waals surface area contributed by atoms with Gasteiger partial charge in [-0.25, -0.2) is 15.0 Å². The van der Waals surface area contributed by atoms with Gasteiger partial charge in [-0.05, 0) is 71.8 Å². The first-order valence-corrected chi connectivity index (χ1v) is 18.9. The van der Waals surface area contributed by atoms with Gasteiger partial charge in [0.2, 0.25) is 0 Å². The van der Waals surface area contributed by atoms with Gasteiger partial charge in [0.1, 0.15) is 0 Å². The standard InChI is InChI=1S/C51H33N5/c1-3-13-36(14-4-1)49-52-50(54-51(53-49)38-29-32-48-44(33-38)43-19-9-12-22-47(43)55(48)39-15-5-2-6-16-39)37-25-23-34(24-26-37)35-27-30-40(31-28-35)56-45-20-10-7-17-41(45)42-18-8-11-21-46(42)56/h1-33H. The fraction of sp³-hybridized carbons (Fsp3) is 0. The molecule has 0 aliphatic heterocycles. The maximum atomic E-state index is 5.11. The minimum atomic E-state index is 0.633. The van der Waals surface area contributed by atoms with Gasteiger partial charge >= 0.3 is 0 Å². The molecule has 0 amide bonds. The molecular formula is C51H33N5. The van der Waals surface area contributed by atoms with Gasteiger partial charge in [0.25, 0.3) is 0 Å². The van der Waals surface area contributed by atoms with Gasteiger partial charge in [0.05, 0.1) is 22.1 Å². The highest BCUT2D eigenvalue weighted by atomic mass is 15.0. The van der Waals surface area contributed by atoms with Crippen molar-refractivity contribution in [3.8, 4) is 56.7 Å². The minimum absolute atomic E-state index is 0.633. The van der Waals surface area contributed by atoms with Crippen LogP contribution in [-0.4, -0.2) is 24.1 Å². The van der Waals surface area contributed by atoms with Gasteiger partial charge in [0, 0.05) is 49.6 Å². The largest absolute Gasteiger partial charge is 0.309 e. The quantitative estimate of drug-likeness (QED) is 0.172. The van der Waals surface area contributed by atoms with Crippen molar-refractivity contribution in [3.63, 3.8) is 0 Å². The Morgan fingerprint density at radius 1 is 0.250 bits per heavy atom. The van der Waals surface area contributed by atoms with E-state index in [0.717, 1.165) is 55.6 Å². The molecule has 11 aromatic rings. The van der Waals surface area contributed by atoms with Crippen molar-refractivity contribution in [1.82, 2.24) is 24.1 Å². The highest BCUT2D eigenvalue weighted by Crippen LogP contribution is 2.36. The fourth-order valence-corrected chi connectivity index (χ4v) is 8.13. The Labute approximate surface area is 323 Å². The first-order chi connectivity index (χ1) is 27.8. The van der Waals surface area contributed by atoms with E-state index in [2.05, 4.69) is 179 Å². The summed E-state index contributed by atoms with van der Waals surface area (Å²) in [4.78, 5) is 15.2. The van der Waals surface area contributed by atoms with E-state index < -0.39 is 0 Å². The molecule has 0 saturated heterocycles. The number of aromatic nitrogens is 5. The third kappa shape index (κ3) is 5.29. The first kappa shape index (κ1) is 31.9. The average molecular weight is 716 g/mol. The Balaban J connectivity index is 0.976. The second-order valence-electron chi connectivity index (χ2n) is 14.1. The molecular weight excluding hydrogens is 683 g/mol. The molecule has 0 radical (unpaired) electrons. The Bertz CT molecular complexity index is 3160. The van der Waals surface area contributed by atoms with Crippen LogP contribution in [0.2, 0.25) is 0 Å². The maximum absolute atomic E-state index is 5.11. The highest BCUT2D eigenvalue weighted by molar-refractivity contribution is 6.11. The number of fused-ring (bicyclic) bond motifs is 6. The lowest BCUT2D eigenvalue weighted by atomic mass is 10.0. The van der Waals surface area contributed by atoms with Gasteiger partial charge in [-0.15, -0.1) is 0 Å². The number of benzene rings is 8. The molecule has 262 valence electrons. The summed E-state index contributed by atoms with van der Waals surface area (Å²) in [5, 5.41) is 4.86. The molecule has 0 unspecified atom stereocenters. The van der Waals surface area contributed by atoms with Crippen molar-refractivity contribution in [3.05, 3.63) is 200 Å². The third-order valence-electron chi connectivity index (χ3n) is 10.8. The Kier molecular flexibility index (Phi) is 7.42.